The summed E-state index contributed by atoms with van der Waals surface area (Å²) >= 11 is 0. The first-order valence-electron chi connectivity index (χ1n) is 6.96. The van der Waals surface area contributed by atoms with Gasteiger partial charge in [0.1, 0.15) is 6.04 Å². The lowest BCUT2D eigenvalue weighted by Crippen LogP contribution is -2.41. The minimum Gasteiger partial charge on any atom is -0.481 e. The smallest absolute Gasteiger partial charge is 0.308 e. The lowest BCUT2D eigenvalue weighted by Gasteiger charge is -2.15. The van der Waals surface area contributed by atoms with Crippen LogP contribution in [0.1, 0.15) is 25.3 Å². The highest BCUT2D eigenvalue weighted by Crippen LogP contribution is 2.25. The van der Waals surface area contributed by atoms with E-state index in [0.717, 1.165) is 17.7 Å². The van der Waals surface area contributed by atoms with Crippen LogP contribution in [0.15, 0.2) is 24.3 Å². The Morgan fingerprint density at radius 3 is 2.85 bits per heavy atom. The van der Waals surface area contributed by atoms with Gasteiger partial charge >= 0.3 is 5.97 Å². The Morgan fingerprint density at radius 2 is 2.20 bits per heavy atom. The van der Waals surface area contributed by atoms with Crippen molar-refractivity contribution >= 4 is 17.6 Å². The summed E-state index contributed by atoms with van der Waals surface area (Å²) in [7, 11) is 0. The number of fused-ring (bicyclic) bond motifs is 1. The third kappa shape index (κ3) is 3.29. The Labute approximate surface area is 118 Å². The second-order valence-corrected chi connectivity index (χ2v) is 5.13. The van der Waals surface area contributed by atoms with Crippen LogP contribution < -0.4 is 10.6 Å². The van der Waals surface area contributed by atoms with Crippen molar-refractivity contribution in [2.75, 3.05) is 11.9 Å². The molecule has 0 radical (unpaired) electrons. The quantitative estimate of drug-likeness (QED) is 0.738. The maximum absolute atomic E-state index is 12.1. The maximum Gasteiger partial charge on any atom is 0.308 e. The van der Waals surface area contributed by atoms with Crippen molar-refractivity contribution in [1.82, 2.24) is 5.32 Å². The zero-order valence-corrected chi connectivity index (χ0v) is 11.6. The van der Waals surface area contributed by atoms with E-state index in [0.29, 0.717) is 12.8 Å². The topological polar surface area (TPSA) is 78.4 Å². The van der Waals surface area contributed by atoms with Gasteiger partial charge < -0.3 is 15.7 Å². The number of para-hydroxylation sites is 1. The van der Waals surface area contributed by atoms with Gasteiger partial charge in [0.05, 0.1) is 5.92 Å². The predicted octanol–water partition coefficient (Wildman–Crippen LogP) is 1.64. The number of carbonyl (C=O) groups is 2. The molecule has 0 aromatic heterocycles. The molecule has 1 amide bonds. The van der Waals surface area contributed by atoms with E-state index < -0.39 is 11.9 Å². The van der Waals surface area contributed by atoms with E-state index in [1.54, 1.807) is 0 Å². The van der Waals surface area contributed by atoms with Crippen LogP contribution in [0.25, 0.3) is 0 Å². The van der Waals surface area contributed by atoms with Crippen LogP contribution in [-0.2, 0) is 16.0 Å². The monoisotopic (exact) mass is 276 g/mol. The van der Waals surface area contributed by atoms with Gasteiger partial charge in [-0.25, -0.2) is 0 Å². The van der Waals surface area contributed by atoms with E-state index in [4.69, 9.17) is 5.11 Å². The van der Waals surface area contributed by atoms with Crippen molar-refractivity contribution in [2.45, 2.75) is 32.2 Å². The zero-order valence-electron chi connectivity index (χ0n) is 11.6. The van der Waals surface area contributed by atoms with Gasteiger partial charge in [0.25, 0.3) is 0 Å². The number of aliphatic carboxylic acids is 1. The summed E-state index contributed by atoms with van der Waals surface area (Å²) in [4.78, 5) is 23.1. The molecule has 3 N–H and O–H groups in total. The summed E-state index contributed by atoms with van der Waals surface area (Å²) in [5, 5.41) is 15.0. The molecule has 108 valence electrons. The highest BCUT2D eigenvalue weighted by Gasteiger charge is 2.27. The Bertz CT molecular complexity index is 477. The lowest BCUT2D eigenvalue weighted by atomic mass is 10.0. The Morgan fingerprint density at radius 1 is 1.45 bits per heavy atom. The van der Waals surface area contributed by atoms with E-state index in [9.17, 15) is 9.59 Å². The van der Waals surface area contributed by atoms with Crippen molar-refractivity contribution in [1.29, 1.82) is 0 Å². The molecule has 2 atom stereocenters. The van der Waals surface area contributed by atoms with Crippen LogP contribution in [-0.4, -0.2) is 29.6 Å². The van der Waals surface area contributed by atoms with Gasteiger partial charge in [-0.05, 0) is 18.1 Å². The second-order valence-electron chi connectivity index (χ2n) is 5.13. The number of hydrogen-bond acceptors (Lipinski definition) is 3. The lowest BCUT2D eigenvalue weighted by molar-refractivity contribution is -0.141. The fraction of sp³-hybridized carbons (Fsp3) is 0.467. The van der Waals surface area contributed by atoms with Crippen molar-refractivity contribution < 1.29 is 14.7 Å². The zero-order chi connectivity index (χ0) is 14.5. The van der Waals surface area contributed by atoms with Gasteiger partial charge in [0.2, 0.25) is 5.91 Å². The summed E-state index contributed by atoms with van der Waals surface area (Å²) in [5.74, 6) is -1.49. The minimum absolute atomic E-state index is 0.136. The molecule has 1 aliphatic heterocycles. The third-order valence-corrected chi connectivity index (χ3v) is 3.60. The van der Waals surface area contributed by atoms with Crippen LogP contribution in [0.2, 0.25) is 0 Å². The van der Waals surface area contributed by atoms with Crippen molar-refractivity contribution in [3.63, 3.8) is 0 Å². The molecule has 1 aromatic rings. The highest BCUT2D eigenvalue weighted by atomic mass is 16.4. The summed E-state index contributed by atoms with van der Waals surface area (Å²) in [5.41, 5.74) is 2.10. The average molecular weight is 276 g/mol. The third-order valence-electron chi connectivity index (χ3n) is 3.60. The van der Waals surface area contributed by atoms with Gasteiger partial charge in [-0.2, -0.15) is 0 Å². The van der Waals surface area contributed by atoms with E-state index in [-0.39, 0.29) is 18.5 Å². The molecule has 2 rings (SSSR count). The second kappa shape index (κ2) is 6.41. The van der Waals surface area contributed by atoms with Crippen LogP contribution in [0.4, 0.5) is 5.69 Å². The number of nitrogens with one attached hydrogen (secondary N) is 2. The van der Waals surface area contributed by atoms with Gasteiger partial charge in [-0.3, -0.25) is 9.59 Å². The number of carboxylic acids is 1. The largest absolute Gasteiger partial charge is 0.481 e. The van der Waals surface area contributed by atoms with E-state index in [1.165, 1.54) is 0 Å². The number of carboxylic acid groups (broad SMARTS) is 1. The molecule has 5 nitrogen and oxygen atoms in total. The van der Waals surface area contributed by atoms with E-state index in [1.807, 2.05) is 31.2 Å². The molecule has 0 saturated carbocycles. The molecular formula is C15H20N2O3. The van der Waals surface area contributed by atoms with Crippen molar-refractivity contribution in [2.24, 2.45) is 5.92 Å². The average Bonchev–Trinajstić information content (AvgIpc) is 2.86. The van der Waals surface area contributed by atoms with Crippen LogP contribution in [0.3, 0.4) is 0 Å². The summed E-state index contributed by atoms with van der Waals surface area (Å²) in [6.45, 7) is 2.13. The molecular weight excluding hydrogens is 256 g/mol. The molecule has 0 fully saturated rings. The fourth-order valence-corrected chi connectivity index (χ4v) is 2.46. The molecule has 20 heavy (non-hydrogen) atoms. The van der Waals surface area contributed by atoms with E-state index >= 15 is 0 Å². The number of rotatable bonds is 6. The van der Waals surface area contributed by atoms with Gasteiger partial charge in [0.15, 0.2) is 0 Å². The molecule has 0 aliphatic carbocycles. The molecule has 1 aliphatic rings. The molecule has 0 bridgehead atoms. The first-order chi connectivity index (χ1) is 9.61. The first-order valence-corrected chi connectivity index (χ1v) is 6.96. The Kier molecular flexibility index (Phi) is 4.61. The van der Waals surface area contributed by atoms with Crippen LogP contribution in [0.5, 0.6) is 0 Å². The number of benzene rings is 1. The number of hydrogen-bond donors (Lipinski definition) is 3. The molecule has 5 heteroatoms. The first kappa shape index (κ1) is 14.4. The summed E-state index contributed by atoms with van der Waals surface area (Å²) in [6, 6.07) is 7.51. The highest BCUT2D eigenvalue weighted by molar-refractivity contribution is 5.87. The van der Waals surface area contributed by atoms with Crippen molar-refractivity contribution in [3.8, 4) is 0 Å². The van der Waals surface area contributed by atoms with Gasteiger partial charge in [0, 0.05) is 18.7 Å². The standard InChI is InChI=1S/C15H20N2O3/c1-2-5-11(15(19)20)9-16-14(18)13-8-10-6-3-4-7-12(10)17-13/h3-4,6-7,11,13,17H,2,5,8-9H2,1H3,(H,16,18)(H,19,20). The molecule has 0 spiro atoms. The van der Waals surface area contributed by atoms with Gasteiger partial charge in [-0.1, -0.05) is 31.5 Å². The van der Waals surface area contributed by atoms with Crippen molar-refractivity contribution in [3.05, 3.63) is 29.8 Å². The summed E-state index contributed by atoms with van der Waals surface area (Å²) in [6.07, 6.45) is 2.02. The minimum atomic E-state index is -0.852. The number of amides is 1. The van der Waals surface area contributed by atoms with Gasteiger partial charge in [-0.15, -0.1) is 0 Å². The molecule has 1 aromatic carbocycles. The normalized spacial score (nSPS) is 17.9. The fourth-order valence-electron chi connectivity index (χ4n) is 2.46. The molecule has 2 unspecified atom stereocenters. The number of anilines is 1. The SMILES string of the molecule is CCCC(CNC(=O)C1Cc2ccccc2N1)C(=O)O. The number of carbonyl (C=O) groups excluding carboxylic acids is 1. The molecule has 1 heterocycles. The van der Waals surface area contributed by atoms with Crippen LogP contribution >= 0.6 is 0 Å². The van der Waals surface area contributed by atoms with Crippen LogP contribution in [0, 0.1) is 5.92 Å². The maximum atomic E-state index is 12.1. The Balaban J connectivity index is 1.86. The Hall–Kier alpha value is -2.04. The summed E-state index contributed by atoms with van der Waals surface area (Å²) < 4.78 is 0. The molecule has 0 saturated heterocycles. The van der Waals surface area contributed by atoms with E-state index in [2.05, 4.69) is 10.6 Å². The predicted molar refractivity (Wildman–Crippen MR) is 76.6 cm³/mol.